The van der Waals surface area contributed by atoms with E-state index in [1.807, 2.05) is 12.1 Å². The molecule has 2 aromatic carbocycles. The van der Waals surface area contributed by atoms with Gasteiger partial charge >= 0.3 is 0 Å². The lowest BCUT2D eigenvalue weighted by molar-refractivity contribution is -0.903. The number of rotatable bonds is 8. The van der Waals surface area contributed by atoms with Crippen LogP contribution in [-0.2, 0) is 0 Å². The Hall–Kier alpha value is -1.99. The Morgan fingerprint density at radius 2 is 1.90 bits per heavy atom. The number of hydrogen-bond donors (Lipinski definition) is 2. The first kappa shape index (κ1) is 22.7. The highest BCUT2D eigenvalue weighted by Crippen LogP contribution is 2.29. The maximum atomic E-state index is 11.5. The van der Waals surface area contributed by atoms with Crippen molar-refractivity contribution in [2.24, 2.45) is 0 Å². The van der Waals surface area contributed by atoms with Gasteiger partial charge in [0.05, 0.1) is 44.0 Å². The molecule has 162 valence electrons. The van der Waals surface area contributed by atoms with Crippen LogP contribution in [0.3, 0.4) is 0 Å². The molecule has 2 N–H and O–H groups in total. The second-order valence-electron chi connectivity index (χ2n) is 7.42. The molecule has 3 rings (SSSR count). The number of methoxy groups -OCH3 is 1. The van der Waals surface area contributed by atoms with Crippen LogP contribution in [0.25, 0.3) is 0 Å². The number of carbonyl (C=O) groups is 1. The van der Waals surface area contributed by atoms with Crippen molar-refractivity contribution < 1.29 is 24.3 Å². The molecule has 0 saturated carbocycles. The Bertz CT molecular complexity index is 885. The summed E-state index contributed by atoms with van der Waals surface area (Å²) in [7, 11) is 1.53. The molecule has 0 amide bonds. The van der Waals surface area contributed by atoms with Gasteiger partial charge in [-0.2, -0.15) is 0 Å². The van der Waals surface area contributed by atoms with Gasteiger partial charge in [-0.15, -0.1) is 0 Å². The molecule has 0 spiro atoms. The van der Waals surface area contributed by atoms with Gasteiger partial charge in [-0.3, -0.25) is 4.79 Å². The van der Waals surface area contributed by atoms with Gasteiger partial charge in [0.15, 0.2) is 17.3 Å². The van der Waals surface area contributed by atoms with Crippen LogP contribution in [-0.4, -0.2) is 63.4 Å². The van der Waals surface area contributed by atoms with E-state index in [2.05, 4.69) is 4.90 Å². The fourth-order valence-corrected chi connectivity index (χ4v) is 3.98. The van der Waals surface area contributed by atoms with Crippen molar-refractivity contribution in [3.8, 4) is 11.5 Å². The van der Waals surface area contributed by atoms with Crippen molar-refractivity contribution in [2.45, 2.75) is 13.0 Å². The molecule has 0 aliphatic carbocycles. The first-order valence-corrected chi connectivity index (χ1v) is 10.7. The third-order valence-corrected chi connectivity index (χ3v) is 5.80. The Labute approximate surface area is 186 Å². The van der Waals surface area contributed by atoms with Gasteiger partial charge in [-0.05, 0) is 43.3 Å². The van der Waals surface area contributed by atoms with Crippen LogP contribution in [0.1, 0.15) is 17.3 Å². The number of nitrogens with one attached hydrogen (secondary N) is 1. The van der Waals surface area contributed by atoms with Crippen LogP contribution >= 0.6 is 23.2 Å². The standard InChI is InChI=1S/C22H26Cl2N2O4/c1-15(27)16-3-6-21(22(11-16)29-2)30-14-18(28)13-25-7-9-26(10-8-25)20-12-17(23)4-5-19(20)24/h3-6,11-12,18,28H,7-10,13-14H2,1-2H3/p+1. The zero-order chi connectivity index (χ0) is 21.7. The molecule has 1 fully saturated rings. The summed E-state index contributed by atoms with van der Waals surface area (Å²) < 4.78 is 11.0. The maximum Gasteiger partial charge on any atom is 0.161 e. The van der Waals surface area contributed by atoms with E-state index in [0.29, 0.717) is 33.7 Å². The number of quaternary nitrogens is 1. The minimum absolute atomic E-state index is 0.0401. The smallest absolute Gasteiger partial charge is 0.161 e. The van der Waals surface area contributed by atoms with E-state index in [1.54, 1.807) is 24.3 Å². The number of Topliss-reactive ketones (excluding diaryl/α,β-unsaturated/α-hetero) is 1. The highest BCUT2D eigenvalue weighted by molar-refractivity contribution is 6.35. The van der Waals surface area contributed by atoms with Crippen molar-refractivity contribution in [3.05, 3.63) is 52.0 Å². The molecule has 0 radical (unpaired) electrons. The molecule has 1 aliphatic rings. The van der Waals surface area contributed by atoms with E-state index in [4.69, 9.17) is 32.7 Å². The fourth-order valence-electron chi connectivity index (χ4n) is 3.58. The number of carbonyl (C=O) groups excluding carboxylic acids is 1. The third-order valence-electron chi connectivity index (χ3n) is 5.25. The number of aliphatic hydroxyl groups is 1. The van der Waals surface area contributed by atoms with E-state index in [-0.39, 0.29) is 12.4 Å². The predicted molar refractivity (Wildman–Crippen MR) is 119 cm³/mol. The molecular formula is C22H27Cl2N2O4+. The number of benzene rings is 2. The molecular weight excluding hydrogens is 427 g/mol. The largest absolute Gasteiger partial charge is 0.493 e. The van der Waals surface area contributed by atoms with E-state index in [0.717, 1.165) is 31.9 Å². The molecule has 1 saturated heterocycles. The number of hydrogen-bond acceptors (Lipinski definition) is 5. The summed E-state index contributed by atoms with van der Waals surface area (Å²) in [5, 5.41) is 11.8. The van der Waals surface area contributed by atoms with Crippen molar-refractivity contribution >= 4 is 34.7 Å². The van der Waals surface area contributed by atoms with Crippen LogP contribution < -0.4 is 19.3 Å². The van der Waals surface area contributed by atoms with Crippen molar-refractivity contribution in [1.82, 2.24) is 0 Å². The van der Waals surface area contributed by atoms with Crippen molar-refractivity contribution in [3.63, 3.8) is 0 Å². The van der Waals surface area contributed by atoms with Gasteiger partial charge in [-0.25, -0.2) is 0 Å². The van der Waals surface area contributed by atoms with E-state index in [9.17, 15) is 9.90 Å². The molecule has 2 aromatic rings. The molecule has 0 aromatic heterocycles. The molecule has 1 atom stereocenters. The Morgan fingerprint density at radius 1 is 1.17 bits per heavy atom. The zero-order valence-corrected chi connectivity index (χ0v) is 18.7. The maximum absolute atomic E-state index is 11.5. The minimum Gasteiger partial charge on any atom is -0.493 e. The lowest BCUT2D eigenvalue weighted by Gasteiger charge is -2.34. The van der Waals surface area contributed by atoms with Crippen LogP contribution in [0.2, 0.25) is 10.0 Å². The summed E-state index contributed by atoms with van der Waals surface area (Å²) >= 11 is 12.4. The van der Waals surface area contributed by atoms with E-state index in [1.165, 1.54) is 18.9 Å². The lowest BCUT2D eigenvalue weighted by Crippen LogP contribution is -3.16. The average molecular weight is 454 g/mol. The Balaban J connectivity index is 1.49. The molecule has 1 heterocycles. The SMILES string of the molecule is COc1cc(C(C)=O)ccc1OCC(O)C[NH+]1CCN(c2cc(Cl)ccc2Cl)CC1. The number of piperazine rings is 1. The van der Waals surface area contributed by atoms with E-state index >= 15 is 0 Å². The summed E-state index contributed by atoms with van der Waals surface area (Å²) in [5.74, 6) is 0.952. The van der Waals surface area contributed by atoms with Gasteiger partial charge in [0.1, 0.15) is 19.3 Å². The first-order chi connectivity index (χ1) is 14.4. The summed E-state index contributed by atoms with van der Waals surface area (Å²) in [4.78, 5) is 15.0. The van der Waals surface area contributed by atoms with Crippen LogP contribution in [0, 0.1) is 0 Å². The molecule has 30 heavy (non-hydrogen) atoms. The highest BCUT2D eigenvalue weighted by atomic mass is 35.5. The number of aliphatic hydroxyl groups excluding tert-OH is 1. The van der Waals surface area contributed by atoms with Gasteiger partial charge in [0.25, 0.3) is 0 Å². The monoisotopic (exact) mass is 453 g/mol. The van der Waals surface area contributed by atoms with Crippen LogP contribution in [0.5, 0.6) is 11.5 Å². The summed E-state index contributed by atoms with van der Waals surface area (Å²) in [6, 6.07) is 10.5. The number of ketones is 1. The van der Waals surface area contributed by atoms with Gasteiger partial charge in [-0.1, -0.05) is 23.2 Å². The van der Waals surface area contributed by atoms with E-state index < -0.39 is 6.10 Å². The lowest BCUT2D eigenvalue weighted by atomic mass is 10.1. The number of nitrogens with zero attached hydrogens (tertiary/aromatic N) is 1. The van der Waals surface area contributed by atoms with Crippen LogP contribution in [0.4, 0.5) is 5.69 Å². The molecule has 1 unspecified atom stereocenters. The second kappa shape index (κ2) is 10.4. The fraction of sp³-hybridized carbons (Fsp3) is 0.409. The summed E-state index contributed by atoms with van der Waals surface area (Å²) in [6.07, 6.45) is -0.613. The van der Waals surface area contributed by atoms with Gasteiger partial charge < -0.3 is 24.4 Å². The third kappa shape index (κ3) is 5.79. The molecule has 0 bridgehead atoms. The van der Waals surface area contributed by atoms with Crippen molar-refractivity contribution in [2.75, 3.05) is 51.3 Å². The van der Waals surface area contributed by atoms with Crippen molar-refractivity contribution in [1.29, 1.82) is 0 Å². The first-order valence-electron chi connectivity index (χ1n) is 9.90. The number of anilines is 1. The Morgan fingerprint density at radius 3 is 2.57 bits per heavy atom. The Kier molecular flexibility index (Phi) is 7.83. The highest BCUT2D eigenvalue weighted by Gasteiger charge is 2.24. The topological polar surface area (TPSA) is 63.4 Å². The predicted octanol–water partition coefficient (Wildman–Crippen LogP) is 2.35. The minimum atomic E-state index is -0.613. The molecule has 6 nitrogen and oxygen atoms in total. The second-order valence-corrected chi connectivity index (χ2v) is 8.27. The number of ether oxygens (including phenoxy) is 2. The summed E-state index contributed by atoms with van der Waals surface area (Å²) in [5.41, 5.74) is 1.51. The van der Waals surface area contributed by atoms with Crippen LogP contribution in [0.15, 0.2) is 36.4 Å². The van der Waals surface area contributed by atoms with Gasteiger partial charge in [0, 0.05) is 10.6 Å². The summed E-state index contributed by atoms with van der Waals surface area (Å²) in [6.45, 7) is 5.69. The zero-order valence-electron chi connectivity index (χ0n) is 17.2. The quantitative estimate of drug-likeness (QED) is 0.600. The molecule has 1 aliphatic heterocycles. The average Bonchev–Trinajstić information content (AvgIpc) is 2.74. The molecule has 8 heteroatoms. The normalized spacial score (nSPS) is 15.7. The van der Waals surface area contributed by atoms with Gasteiger partial charge in [0.2, 0.25) is 0 Å². The number of halogens is 2.